The summed E-state index contributed by atoms with van der Waals surface area (Å²) in [4.78, 5) is 37.8. The summed E-state index contributed by atoms with van der Waals surface area (Å²) < 4.78 is 5.58. The number of nitrogens with one attached hydrogen (secondary N) is 1. The van der Waals surface area contributed by atoms with E-state index in [2.05, 4.69) is 29.6 Å². The van der Waals surface area contributed by atoms with Crippen molar-refractivity contribution in [3.05, 3.63) is 59.7 Å². The van der Waals surface area contributed by atoms with Crippen LogP contribution >= 0.6 is 0 Å². The molecule has 2 aromatic rings. The molecule has 2 aliphatic rings. The quantitative estimate of drug-likeness (QED) is 0.538. The molecule has 2 aliphatic carbocycles. The number of carboxylic acid groups (broad SMARTS) is 1. The highest BCUT2D eigenvalue weighted by Crippen LogP contribution is 2.44. The molecular formula is C27H32N2O5. The second-order valence-corrected chi connectivity index (χ2v) is 9.31. The van der Waals surface area contributed by atoms with Crippen LogP contribution in [0.1, 0.15) is 63.0 Å². The third kappa shape index (κ3) is 5.24. The Morgan fingerprint density at radius 3 is 2.18 bits per heavy atom. The van der Waals surface area contributed by atoms with E-state index in [1.807, 2.05) is 31.2 Å². The van der Waals surface area contributed by atoms with Crippen molar-refractivity contribution in [3.63, 3.8) is 0 Å². The Labute approximate surface area is 200 Å². The first-order chi connectivity index (χ1) is 16.4. The zero-order chi connectivity index (χ0) is 24.2. The second kappa shape index (κ2) is 10.3. The number of rotatable bonds is 10. The maximum Gasteiger partial charge on any atom is 0.407 e. The molecule has 4 rings (SSSR count). The number of hydrogen-bond acceptors (Lipinski definition) is 4. The zero-order valence-corrected chi connectivity index (χ0v) is 19.7. The molecule has 2 unspecified atom stereocenters. The van der Waals surface area contributed by atoms with Gasteiger partial charge in [0.15, 0.2) is 0 Å². The normalized spacial score (nSPS) is 16.2. The van der Waals surface area contributed by atoms with Gasteiger partial charge in [0, 0.05) is 24.4 Å². The van der Waals surface area contributed by atoms with E-state index in [0.717, 1.165) is 12.8 Å². The van der Waals surface area contributed by atoms with E-state index < -0.39 is 18.1 Å². The van der Waals surface area contributed by atoms with Crippen LogP contribution in [0.2, 0.25) is 0 Å². The van der Waals surface area contributed by atoms with Gasteiger partial charge in [0.05, 0.1) is 0 Å². The van der Waals surface area contributed by atoms with E-state index in [4.69, 9.17) is 4.74 Å². The Balaban J connectivity index is 1.23. The number of benzene rings is 2. The first-order valence-corrected chi connectivity index (χ1v) is 12.0. The summed E-state index contributed by atoms with van der Waals surface area (Å²) in [6.45, 7) is 3.69. The molecule has 2 amide bonds. The van der Waals surface area contributed by atoms with Gasteiger partial charge in [-0.25, -0.2) is 9.59 Å². The molecule has 1 saturated carbocycles. The highest BCUT2D eigenvalue weighted by molar-refractivity contribution is 5.84. The maximum atomic E-state index is 12.6. The lowest BCUT2D eigenvalue weighted by atomic mass is 9.98. The number of ether oxygens (including phenoxy) is 1. The van der Waals surface area contributed by atoms with Gasteiger partial charge in [-0.05, 0) is 61.8 Å². The van der Waals surface area contributed by atoms with Gasteiger partial charge in [0.25, 0.3) is 0 Å². The van der Waals surface area contributed by atoms with Gasteiger partial charge in [0.2, 0.25) is 5.91 Å². The fourth-order valence-electron chi connectivity index (χ4n) is 4.81. The van der Waals surface area contributed by atoms with Crippen LogP contribution in [0, 0.1) is 0 Å². The number of aliphatic carboxylic acids is 1. The number of carboxylic acids is 1. The molecule has 2 N–H and O–H groups in total. The molecule has 7 heteroatoms. The van der Waals surface area contributed by atoms with Crippen LogP contribution in [0.4, 0.5) is 4.79 Å². The zero-order valence-electron chi connectivity index (χ0n) is 19.7. The predicted octanol–water partition coefficient (Wildman–Crippen LogP) is 4.55. The molecule has 2 atom stereocenters. The van der Waals surface area contributed by atoms with Crippen LogP contribution in [0.15, 0.2) is 48.5 Å². The molecule has 0 bridgehead atoms. The van der Waals surface area contributed by atoms with Crippen molar-refractivity contribution < 1.29 is 24.2 Å². The summed E-state index contributed by atoms with van der Waals surface area (Å²) in [5, 5.41) is 12.1. The molecule has 0 heterocycles. The fourth-order valence-corrected chi connectivity index (χ4v) is 4.81. The topological polar surface area (TPSA) is 95.9 Å². The average molecular weight is 465 g/mol. The van der Waals surface area contributed by atoms with Crippen LogP contribution in [-0.2, 0) is 14.3 Å². The number of carbonyl (C=O) groups is 3. The minimum Gasteiger partial charge on any atom is -0.480 e. The Hall–Kier alpha value is -3.35. The first-order valence-electron chi connectivity index (χ1n) is 12.0. The first kappa shape index (κ1) is 23.8. The Bertz CT molecular complexity index is 1020. The van der Waals surface area contributed by atoms with Crippen molar-refractivity contribution in [2.24, 2.45) is 0 Å². The number of carbonyl (C=O) groups excluding carboxylic acids is 2. The monoisotopic (exact) mass is 464 g/mol. The third-order valence-corrected chi connectivity index (χ3v) is 6.74. The Morgan fingerprint density at radius 1 is 1.03 bits per heavy atom. The number of nitrogens with zero attached hydrogens (tertiary/aromatic N) is 1. The molecule has 0 aliphatic heterocycles. The van der Waals surface area contributed by atoms with Gasteiger partial charge in [-0.3, -0.25) is 4.79 Å². The van der Waals surface area contributed by atoms with Crippen LogP contribution < -0.4 is 5.32 Å². The standard InChI is InChI=1S/C27H32N2O5/c1-17(8-7-13-25(30)29(19-14-15-19)18(2)26(31)32)28-27(33)34-16-24-22-11-5-3-9-20(22)21-10-4-6-12-23(21)24/h3-6,9-12,17-19,24H,7-8,13-16H2,1-2H3,(H,28,33)(H,31,32). The fraction of sp³-hybridized carbons (Fsp3) is 0.444. The highest BCUT2D eigenvalue weighted by Gasteiger charge is 2.38. The molecule has 7 nitrogen and oxygen atoms in total. The van der Waals surface area contributed by atoms with Crippen LogP contribution in [0.3, 0.4) is 0 Å². The van der Waals surface area contributed by atoms with Gasteiger partial charge >= 0.3 is 12.1 Å². The molecule has 34 heavy (non-hydrogen) atoms. The van der Waals surface area contributed by atoms with Crippen molar-refractivity contribution in [1.29, 1.82) is 0 Å². The largest absolute Gasteiger partial charge is 0.480 e. The third-order valence-electron chi connectivity index (χ3n) is 6.74. The minimum absolute atomic E-state index is 0.00992. The van der Waals surface area contributed by atoms with Crippen molar-refractivity contribution in [1.82, 2.24) is 10.2 Å². The summed E-state index contributed by atoms with van der Waals surface area (Å²) in [5.41, 5.74) is 4.70. The number of fused-ring (bicyclic) bond motifs is 3. The SMILES string of the molecule is CC(CCCC(=O)N(C1CC1)C(C)C(=O)O)NC(=O)OCC1c2ccccc2-c2ccccc21. The van der Waals surface area contributed by atoms with Crippen LogP contribution in [0.25, 0.3) is 11.1 Å². The van der Waals surface area contributed by atoms with Gasteiger partial charge in [-0.15, -0.1) is 0 Å². The van der Waals surface area contributed by atoms with Crippen molar-refractivity contribution in [2.75, 3.05) is 6.61 Å². The molecule has 2 aromatic carbocycles. The van der Waals surface area contributed by atoms with E-state index in [-0.39, 0.29) is 36.9 Å². The highest BCUT2D eigenvalue weighted by atomic mass is 16.5. The van der Waals surface area contributed by atoms with Gasteiger partial charge in [0.1, 0.15) is 12.6 Å². The maximum absolute atomic E-state index is 12.6. The minimum atomic E-state index is -0.981. The van der Waals surface area contributed by atoms with Crippen LogP contribution in [-0.4, -0.2) is 52.7 Å². The van der Waals surface area contributed by atoms with E-state index in [1.54, 1.807) is 6.92 Å². The van der Waals surface area contributed by atoms with E-state index in [9.17, 15) is 19.5 Å². The molecule has 0 radical (unpaired) electrons. The lowest BCUT2D eigenvalue weighted by Gasteiger charge is -2.26. The summed E-state index contributed by atoms with van der Waals surface area (Å²) >= 11 is 0. The van der Waals surface area contributed by atoms with E-state index in [0.29, 0.717) is 12.8 Å². The number of hydrogen-bond donors (Lipinski definition) is 2. The molecular weight excluding hydrogens is 432 g/mol. The molecule has 1 fully saturated rings. The van der Waals surface area contributed by atoms with Crippen molar-refractivity contribution in [2.45, 2.75) is 70.0 Å². The Kier molecular flexibility index (Phi) is 7.20. The second-order valence-electron chi connectivity index (χ2n) is 9.31. The molecule has 180 valence electrons. The predicted molar refractivity (Wildman–Crippen MR) is 128 cm³/mol. The smallest absolute Gasteiger partial charge is 0.407 e. The van der Waals surface area contributed by atoms with Gasteiger partial charge in [-0.2, -0.15) is 0 Å². The van der Waals surface area contributed by atoms with Gasteiger partial charge in [-0.1, -0.05) is 48.5 Å². The lowest BCUT2D eigenvalue weighted by molar-refractivity contribution is -0.150. The number of alkyl carbamates (subject to hydrolysis) is 1. The molecule has 0 saturated heterocycles. The summed E-state index contributed by atoms with van der Waals surface area (Å²) in [7, 11) is 0. The Morgan fingerprint density at radius 2 is 1.62 bits per heavy atom. The number of amides is 2. The summed E-state index contributed by atoms with van der Waals surface area (Å²) in [6.07, 6.45) is 2.70. The van der Waals surface area contributed by atoms with Gasteiger partial charge < -0.3 is 20.1 Å². The molecule has 0 aromatic heterocycles. The van der Waals surface area contributed by atoms with Crippen molar-refractivity contribution in [3.8, 4) is 11.1 Å². The average Bonchev–Trinajstić information content (AvgIpc) is 3.59. The van der Waals surface area contributed by atoms with Crippen LogP contribution in [0.5, 0.6) is 0 Å². The lowest BCUT2D eigenvalue weighted by Crippen LogP contribution is -2.44. The molecule has 0 spiro atoms. The van der Waals surface area contributed by atoms with Crippen molar-refractivity contribution >= 4 is 18.0 Å². The van der Waals surface area contributed by atoms with E-state index >= 15 is 0 Å². The van der Waals surface area contributed by atoms with E-state index in [1.165, 1.54) is 27.2 Å². The summed E-state index contributed by atoms with van der Waals surface area (Å²) in [6, 6.07) is 15.5. The summed E-state index contributed by atoms with van der Waals surface area (Å²) in [5.74, 6) is -1.10.